The third-order valence-corrected chi connectivity index (χ3v) is 4.49. The van der Waals surface area contributed by atoms with Gasteiger partial charge in [-0.25, -0.2) is 4.39 Å². The van der Waals surface area contributed by atoms with Crippen molar-refractivity contribution in [2.75, 3.05) is 6.61 Å². The molecule has 1 aliphatic rings. The predicted octanol–water partition coefficient (Wildman–Crippen LogP) is 4.48. The molecule has 0 unspecified atom stereocenters. The molecule has 1 fully saturated rings. The van der Waals surface area contributed by atoms with E-state index in [0.717, 1.165) is 24.2 Å². The molecule has 25 heavy (non-hydrogen) atoms. The zero-order chi connectivity index (χ0) is 17.6. The van der Waals surface area contributed by atoms with Crippen molar-refractivity contribution in [1.29, 1.82) is 0 Å². The molecule has 1 saturated carbocycles. The third-order valence-electron chi connectivity index (χ3n) is 4.49. The molecule has 2 aromatic rings. The average molecular weight is 341 g/mol. The monoisotopic (exact) mass is 341 g/mol. The zero-order valence-electron chi connectivity index (χ0n) is 14.6. The van der Waals surface area contributed by atoms with Crippen molar-refractivity contribution in [3.05, 3.63) is 65.5 Å². The molecule has 0 N–H and O–H groups in total. The molecule has 0 aromatic heterocycles. The Balaban J connectivity index is 1.50. The topological polar surface area (TPSA) is 29.5 Å². The van der Waals surface area contributed by atoms with Gasteiger partial charge in [0.1, 0.15) is 11.6 Å². The Labute approximate surface area is 148 Å². The van der Waals surface area contributed by atoms with Crippen molar-refractivity contribution in [2.24, 2.45) is 0 Å². The Hall–Kier alpha value is -2.36. The molecule has 0 atom stereocenters. The molecule has 132 valence electrons. The van der Waals surface area contributed by atoms with Crippen molar-refractivity contribution in [2.45, 2.75) is 45.2 Å². The molecule has 1 aliphatic carbocycles. The average Bonchev–Trinajstić information content (AvgIpc) is 3.44. The van der Waals surface area contributed by atoms with E-state index in [1.807, 2.05) is 42.2 Å². The van der Waals surface area contributed by atoms with E-state index in [9.17, 15) is 9.18 Å². The third kappa shape index (κ3) is 4.81. The molecule has 0 spiro atoms. The van der Waals surface area contributed by atoms with Crippen LogP contribution in [0.4, 0.5) is 4.39 Å². The zero-order valence-corrected chi connectivity index (χ0v) is 14.6. The fraction of sp³-hybridized carbons (Fsp3) is 0.381. The maximum atomic E-state index is 13.9. The predicted molar refractivity (Wildman–Crippen MR) is 95.9 cm³/mol. The lowest BCUT2D eigenvalue weighted by Crippen LogP contribution is -2.33. The Bertz CT molecular complexity index is 727. The minimum Gasteiger partial charge on any atom is -0.493 e. The number of benzene rings is 2. The molecule has 1 amide bonds. The van der Waals surface area contributed by atoms with Gasteiger partial charge < -0.3 is 9.64 Å². The minimum absolute atomic E-state index is 0.0825. The number of rotatable bonds is 8. The van der Waals surface area contributed by atoms with Gasteiger partial charge in [0.15, 0.2) is 0 Å². The first-order valence-electron chi connectivity index (χ1n) is 8.86. The van der Waals surface area contributed by atoms with Crippen molar-refractivity contribution in [1.82, 2.24) is 4.90 Å². The number of aryl methyl sites for hydroxylation is 1. The van der Waals surface area contributed by atoms with Crippen LogP contribution in [0.25, 0.3) is 0 Å². The summed E-state index contributed by atoms with van der Waals surface area (Å²) in [5, 5.41) is 0. The number of halogens is 1. The van der Waals surface area contributed by atoms with E-state index in [2.05, 4.69) is 0 Å². The Morgan fingerprint density at radius 1 is 1.16 bits per heavy atom. The van der Waals surface area contributed by atoms with Crippen LogP contribution >= 0.6 is 0 Å². The smallest absolute Gasteiger partial charge is 0.223 e. The molecule has 0 heterocycles. The first-order chi connectivity index (χ1) is 12.1. The van der Waals surface area contributed by atoms with Crippen LogP contribution in [0.15, 0.2) is 48.5 Å². The Morgan fingerprint density at radius 2 is 1.88 bits per heavy atom. The van der Waals surface area contributed by atoms with Crippen molar-refractivity contribution in [3.8, 4) is 5.75 Å². The van der Waals surface area contributed by atoms with Gasteiger partial charge in [0.25, 0.3) is 0 Å². The van der Waals surface area contributed by atoms with Gasteiger partial charge in [-0.1, -0.05) is 36.4 Å². The standard InChI is InChI=1S/C21H24FNO2/c1-16-7-2-5-10-20(16)25-14-6-11-21(24)23(18-12-13-18)15-17-8-3-4-9-19(17)22/h2-5,7-10,18H,6,11-15H2,1H3. The van der Waals surface area contributed by atoms with E-state index in [0.29, 0.717) is 31.6 Å². The van der Waals surface area contributed by atoms with E-state index < -0.39 is 0 Å². The molecular formula is C21H24FNO2. The summed E-state index contributed by atoms with van der Waals surface area (Å²) in [6.07, 6.45) is 3.12. The van der Waals surface area contributed by atoms with Crippen LogP contribution < -0.4 is 4.74 Å². The number of amides is 1. The van der Waals surface area contributed by atoms with E-state index >= 15 is 0 Å². The maximum Gasteiger partial charge on any atom is 0.223 e. The van der Waals surface area contributed by atoms with Crippen LogP contribution in [-0.2, 0) is 11.3 Å². The van der Waals surface area contributed by atoms with E-state index in [4.69, 9.17) is 4.74 Å². The highest BCUT2D eigenvalue weighted by Gasteiger charge is 2.32. The summed E-state index contributed by atoms with van der Waals surface area (Å²) >= 11 is 0. The fourth-order valence-corrected chi connectivity index (χ4v) is 2.88. The van der Waals surface area contributed by atoms with Crippen LogP contribution in [0.3, 0.4) is 0 Å². The van der Waals surface area contributed by atoms with Crippen LogP contribution in [0, 0.1) is 12.7 Å². The van der Waals surface area contributed by atoms with Crippen molar-refractivity contribution >= 4 is 5.91 Å². The molecule has 3 nitrogen and oxygen atoms in total. The summed E-state index contributed by atoms with van der Waals surface area (Å²) in [4.78, 5) is 14.4. The molecule has 0 aliphatic heterocycles. The second-order valence-corrected chi connectivity index (χ2v) is 6.56. The molecule has 4 heteroatoms. The summed E-state index contributed by atoms with van der Waals surface area (Å²) in [5.74, 6) is 0.698. The van der Waals surface area contributed by atoms with Crippen LogP contribution in [0.1, 0.15) is 36.8 Å². The molecule has 3 rings (SSSR count). The van der Waals surface area contributed by atoms with Gasteiger partial charge in [-0.2, -0.15) is 0 Å². The number of ether oxygens (including phenoxy) is 1. The van der Waals surface area contributed by atoms with Crippen LogP contribution in [0.2, 0.25) is 0 Å². The lowest BCUT2D eigenvalue weighted by Gasteiger charge is -2.23. The lowest BCUT2D eigenvalue weighted by molar-refractivity contribution is -0.132. The molecule has 2 aromatic carbocycles. The van der Waals surface area contributed by atoms with Gasteiger partial charge in [0, 0.05) is 24.6 Å². The van der Waals surface area contributed by atoms with Gasteiger partial charge >= 0.3 is 0 Å². The summed E-state index contributed by atoms with van der Waals surface area (Å²) in [5.41, 5.74) is 1.67. The number of carbonyl (C=O) groups excluding carboxylic acids is 1. The van der Waals surface area contributed by atoms with E-state index in [1.165, 1.54) is 6.07 Å². The van der Waals surface area contributed by atoms with Gasteiger partial charge in [-0.3, -0.25) is 4.79 Å². The fourth-order valence-electron chi connectivity index (χ4n) is 2.88. The quantitative estimate of drug-likeness (QED) is 0.662. The number of para-hydroxylation sites is 1. The first kappa shape index (κ1) is 17.5. The second kappa shape index (κ2) is 8.15. The second-order valence-electron chi connectivity index (χ2n) is 6.56. The molecule has 0 radical (unpaired) electrons. The van der Waals surface area contributed by atoms with Gasteiger partial charge in [0.2, 0.25) is 5.91 Å². The number of carbonyl (C=O) groups is 1. The molecular weight excluding hydrogens is 317 g/mol. The Morgan fingerprint density at radius 3 is 2.60 bits per heavy atom. The summed E-state index contributed by atoms with van der Waals surface area (Å²) in [6.45, 7) is 2.87. The van der Waals surface area contributed by atoms with E-state index in [-0.39, 0.29) is 17.8 Å². The Kier molecular flexibility index (Phi) is 5.69. The number of nitrogens with zero attached hydrogens (tertiary/aromatic N) is 1. The van der Waals surface area contributed by atoms with E-state index in [1.54, 1.807) is 12.1 Å². The van der Waals surface area contributed by atoms with Crippen molar-refractivity contribution in [3.63, 3.8) is 0 Å². The summed E-state index contributed by atoms with van der Waals surface area (Å²) < 4.78 is 19.6. The number of hydrogen-bond donors (Lipinski definition) is 0. The van der Waals surface area contributed by atoms with Crippen LogP contribution in [0.5, 0.6) is 5.75 Å². The maximum absolute atomic E-state index is 13.9. The highest BCUT2D eigenvalue weighted by molar-refractivity contribution is 5.76. The van der Waals surface area contributed by atoms with Crippen molar-refractivity contribution < 1.29 is 13.9 Å². The van der Waals surface area contributed by atoms with Gasteiger partial charge in [0.05, 0.1) is 6.61 Å². The normalized spacial score (nSPS) is 13.5. The SMILES string of the molecule is Cc1ccccc1OCCCC(=O)N(Cc1ccccc1F)C1CC1. The number of hydrogen-bond acceptors (Lipinski definition) is 2. The highest BCUT2D eigenvalue weighted by Crippen LogP contribution is 2.29. The van der Waals surface area contributed by atoms with Crippen LogP contribution in [-0.4, -0.2) is 23.5 Å². The minimum atomic E-state index is -0.246. The highest BCUT2D eigenvalue weighted by atomic mass is 19.1. The summed E-state index contributed by atoms with van der Waals surface area (Å²) in [7, 11) is 0. The molecule has 0 saturated heterocycles. The lowest BCUT2D eigenvalue weighted by atomic mass is 10.2. The first-order valence-corrected chi connectivity index (χ1v) is 8.86. The largest absolute Gasteiger partial charge is 0.493 e. The molecule has 0 bridgehead atoms. The van der Waals surface area contributed by atoms with Gasteiger partial charge in [-0.05, 0) is 43.9 Å². The van der Waals surface area contributed by atoms with Gasteiger partial charge in [-0.15, -0.1) is 0 Å². The summed E-state index contributed by atoms with van der Waals surface area (Å²) in [6, 6.07) is 14.8.